The van der Waals surface area contributed by atoms with Crippen molar-refractivity contribution < 1.29 is 0 Å². The first-order valence-corrected chi connectivity index (χ1v) is 4.83. The third-order valence-electron chi connectivity index (χ3n) is 1.98. The van der Waals surface area contributed by atoms with Gasteiger partial charge < -0.3 is 0 Å². The van der Waals surface area contributed by atoms with Crippen molar-refractivity contribution in [1.29, 1.82) is 0 Å². The number of hydrogen-bond acceptors (Lipinski definition) is 3. The first-order chi connectivity index (χ1) is 7.25. The van der Waals surface area contributed by atoms with Gasteiger partial charge in [0, 0.05) is 25.0 Å². The summed E-state index contributed by atoms with van der Waals surface area (Å²) in [6.45, 7) is 1.17. The van der Waals surface area contributed by atoms with Gasteiger partial charge in [-0.3, -0.25) is 14.0 Å². The highest BCUT2D eigenvalue weighted by Crippen LogP contribution is 1.96. The maximum absolute atomic E-state index is 11.4. The van der Waals surface area contributed by atoms with Gasteiger partial charge in [-0.25, -0.2) is 4.98 Å². The fraction of sp³-hybridized carbons (Fsp3) is 0.222. The largest absolute Gasteiger partial charge is 0.297 e. The Morgan fingerprint density at radius 1 is 1.40 bits per heavy atom. The second kappa shape index (κ2) is 4.27. The predicted molar refractivity (Wildman–Crippen MR) is 55.7 cm³/mol. The summed E-state index contributed by atoms with van der Waals surface area (Å²) >= 11 is 5.57. The molecule has 2 heterocycles. The molecule has 0 aliphatic carbocycles. The Morgan fingerprint density at radius 3 is 2.93 bits per heavy atom. The molecule has 6 heteroatoms. The van der Waals surface area contributed by atoms with Crippen LogP contribution in [0.15, 0.2) is 35.6 Å². The van der Waals surface area contributed by atoms with Gasteiger partial charge in [0.05, 0.1) is 12.9 Å². The minimum absolute atomic E-state index is 0.151. The average molecular weight is 225 g/mol. The lowest BCUT2D eigenvalue weighted by Crippen LogP contribution is -2.21. The molecule has 0 aliphatic heterocycles. The van der Waals surface area contributed by atoms with Crippen molar-refractivity contribution in [1.82, 2.24) is 19.3 Å². The molecular weight excluding hydrogens is 216 g/mol. The van der Waals surface area contributed by atoms with Crippen molar-refractivity contribution in [3.05, 3.63) is 46.4 Å². The van der Waals surface area contributed by atoms with Crippen LogP contribution in [0, 0.1) is 0 Å². The minimum atomic E-state index is -0.151. The van der Waals surface area contributed by atoms with E-state index in [9.17, 15) is 4.79 Å². The lowest BCUT2D eigenvalue weighted by Gasteiger charge is -2.04. The summed E-state index contributed by atoms with van der Waals surface area (Å²) in [6, 6.07) is 3.13. The van der Waals surface area contributed by atoms with E-state index < -0.39 is 0 Å². The van der Waals surface area contributed by atoms with Crippen LogP contribution < -0.4 is 5.56 Å². The number of aryl methyl sites for hydroxylation is 2. The molecule has 0 bridgehead atoms. The van der Waals surface area contributed by atoms with Crippen LogP contribution in [-0.2, 0) is 13.1 Å². The summed E-state index contributed by atoms with van der Waals surface area (Å²) in [4.78, 5) is 15.2. The van der Waals surface area contributed by atoms with Crippen molar-refractivity contribution in [2.75, 3.05) is 0 Å². The fourth-order valence-electron chi connectivity index (χ4n) is 1.21. The first-order valence-electron chi connectivity index (χ1n) is 4.45. The van der Waals surface area contributed by atoms with Gasteiger partial charge in [-0.1, -0.05) is 11.6 Å². The molecule has 15 heavy (non-hydrogen) atoms. The molecule has 0 aliphatic rings. The zero-order valence-corrected chi connectivity index (χ0v) is 8.63. The highest BCUT2D eigenvalue weighted by atomic mass is 35.5. The van der Waals surface area contributed by atoms with Gasteiger partial charge in [0.2, 0.25) is 0 Å². The molecule has 78 valence electrons. The second-order valence-electron chi connectivity index (χ2n) is 3.01. The van der Waals surface area contributed by atoms with Gasteiger partial charge in [0.15, 0.2) is 0 Å². The lowest BCUT2D eigenvalue weighted by atomic mass is 10.5. The summed E-state index contributed by atoms with van der Waals surface area (Å²) in [5.74, 6) is 0. The van der Waals surface area contributed by atoms with Crippen LogP contribution in [0.25, 0.3) is 0 Å². The van der Waals surface area contributed by atoms with Crippen LogP contribution in [-0.4, -0.2) is 19.3 Å². The van der Waals surface area contributed by atoms with E-state index in [1.54, 1.807) is 10.9 Å². The van der Waals surface area contributed by atoms with Crippen molar-refractivity contribution in [3.8, 4) is 0 Å². The van der Waals surface area contributed by atoms with Crippen LogP contribution in [0.5, 0.6) is 0 Å². The Hall–Kier alpha value is -1.62. The fourth-order valence-corrected chi connectivity index (χ4v) is 1.35. The molecule has 0 spiro atoms. The minimum Gasteiger partial charge on any atom is -0.297 e. The van der Waals surface area contributed by atoms with E-state index in [1.807, 2.05) is 12.3 Å². The molecule has 0 N–H and O–H groups in total. The van der Waals surface area contributed by atoms with Gasteiger partial charge >= 0.3 is 0 Å². The van der Waals surface area contributed by atoms with E-state index >= 15 is 0 Å². The molecule has 0 radical (unpaired) electrons. The molecule has 5 nitrogen and oxygen atoms in total. The van der Waals surface area contributed by atoms with E-state index in [2.05, 4.69) is 10.1 Å². The van der Waals surface area contributed by atoms with E-state index in [1.165, 1.54) is 17.0 Å². The molecule has 0 unspecified atom stereocenters. The van der Waals surface area contributed by atoms with Crippen LogP contribution in [0.1, 0.15) is 0 Å². The molecule has 0 saturated carbocycles. The molecule has 0 atom stereocenters. The molecule has 2 rings (SSSR count). The average Bonchev–Trinajstić information content (AvgIpc) is 2.69. The number of hydrogen-bond donors (Lipinski definition) is 0. The Morgan fingerprint density at radius 2 is 2.27 bits per heavy atom. The van der Waals surface area contributed by atoms with Gasteiger partial charge in [0.25, 0.3) is 5.56 Å². The van der Waals surface area contributed by atoms with Gasteiger partial charge in [0.1, 0.15) is 5.15 Å². The number of halogens is 1. The molecule has 0 saturated heterocycles. The predicted octanol–water partition coefficient (Wildman–Crippen LogP) is 0.793. The van der Waals surface area contributed by atoms with E-state index in [0.29, 0.717) is 13.1 Å². The summed E-state index contributed by atoms with van der Waals surface area (Å²) in [7, 11) is 0. The third kappa shape index (κ3) is 2.44. The Balaban J connectivity index is 2.09. The number of aromatic nitrogens is 4. The SMILES string of the molecule is O=c1cc(Cl)ncn1CCn1cccn1. The number of rotatable bonds is 3. The Bertz CT molecular complexity index is 491. The molecule has 0 amide bonds. The van der Waals surface area contributed by atoms with Crippen LogP contribution in [0.4, 0.5) is 0 Å². The summed E-state index contributed by atoms with van der Waals surface area (Å²) in [6.07, 6.45) is 4.98. The standard InChI is InChI=1S/C9H9ClN4O/c10-8-6-9(15)13(7-11-8)4-5-14-3-1-2-12-14/h1-3,6-7H,4-5H2. The Kier molecular flexibility index (Phi) is 2.82. The summed E-state index contributed by atoms with van der Waals surface area (Å²) in [5.41, 5.74) is -0.151. The highest BCUT2D eigenvalue weighted by molar-refractivity contribution is 6.29. The quantitative estimate of drug-likeness (QED) is 0.725. The summed E-state index contributed by atoms with van der Waals surface area (Å²) in [5, 5.41) is 4.25. The van der Waals surface area contributed by atoms with Gasteiger partial charge in [-0.15, -0.1) is 0 Å². The zero-order chi connectivity index (χ0) is 10.7. The van der Waals surface area contributed by atoms with Crippen LogP contribution in [0.3, 0.4) is 0 Å². The van der Waals surface area contributed by atoms with Crippen LogP contribution in [0.2, 0.25) is 5.15 Å². The van der Waals surface area contributed by atoms with E-state index in [-0.39, 0.29) is 10.7 Å². The van der Waals surface area contributed by atoms with Gasteiger partial charge in [-0.2, -0.15) is 5.10 Å². The number of nitrogens with zero attached hydrogens (tertiary/aromatic N) is 4. The monoisotopic (exact) mass is 224 g/mol. The molecular formula is C9H9ClN4O. The van der Waals surface area contributed by atoms with E-state index in [0.717, 1.165) is 0 Å². The van der Waals surface area contributed by atoms with Crippen LogP contribution >= 0.6 is 11.6 Å². The van der Waals surface area contributed by atoms with Gasteiger partial charge in [-0.05, 0) is 6.07 Å². The van der Waals surface area contributed by atoms with Crippen molar-refractivity contribution in [3.63, 3.8) is 0 Å². The summed E-state index contributed by atoms with van der Waals surface area (Å²) < 4.78 is 3.24. The maximum atomic E-state index is 11.4. The third-order valence-corrected chi connectivity index (χ3v) is 2.18. The maximum Gasteiger partial charge on any atom is 0.254 e. The lowest BCUT2D eigenvalue weighted by molar-refractivity contribution is 0.519. The second-order valence-corrected chi connectivity index (χ2v) is 3.40. The first kappa shape index (κ1) is 9.92. The normalized spacial score (nSPS) is 10.5. The molecule has 0 aromatic carbocycles. The molecule has 2 aromatic rings. The molecule has 0 fully saturated rings. The van der Waals surface area contributed by atoms with Crippen molar-refractivity contribution in [2.24, 2.45) is 0 Å². The highest BCUT2D eigenvalue weighted by Gasteiger charge is 1.98. The molecule has 2 aromatic heterocycles. The smallest absolute Gasteiger partial charge is 0.254 e. The topological polar surface area (TPSA) is 52.7 Å². The van der Waals surface area contributed by atoms with Crippen molar-refractivity contribution in [2.45, 2.75) is 13.1 Å². The zero-order valence-electron chi connectivity index (χ0n) is 7.88. The Labute approximate surface area is 90.9 Å². The van der Waals surface area contributed by atoms with E-state index in [4.69, 9.17) is 11.6 Å². The van der Waals surface area contributed by atoms with Crippen molar-refractivity contribution >= 4 is 11.6 Å².